The van der Waals surface area contributed by atoms with Gasteiger partial charge in [0.15, 0.2) is 35.0 Å². The highest BCUT2D eigenvalue weighted by molar-refractivity contribution is 8.07. The number of aromatic nitrogens is 8. The van der Waals surface area contributed by atoms with E-state index in [0.29, 0.717) is 0 Å². The first-order valence-electron chi connectivity index (χ1n) is 16.7. The fraction of sp³-hybridized carbons (Fsp3) is 0.419. The molecule has 55 heavy (non-hydrogen) atoms. The van der Waals surface area contributed by atoms with Crippen LogP contribution in [0.15, 0.2) is 47.8 Å². The summed E-state index contributed by atoms with van der Waals surface area (Å²) in [6, 6.07) is 7.99. The van der Waals surface area contributed by atoms with Crippen LogP contribution in [0, 0.1) is 5.92 Å². The minimum atomic E-state index is -4.15. The first-order valence-corrected chi connectivity index (χ1v) is 19.6. The highest BCUT2D eigenvalue weighted by Gasteiger charge is 2.49. The number of aliphatic hydroxyl groups is 2. The molecule has 1 amide bonds. The quantitative estimate of drug-likeness (QED) is 0.0585. The zero-order valence-electron chi connectivity index (χ0n) is 28.8. The Morgan fingerprint density at radius 3 is 2.55 bits per heavy atom. The summed E-state index contributed by atoms with van der Waals surface area (Å²) in [6.45, 7) is -1.92. The van der Waals surface area contributed by atoms with Crippen LogP contribution < -0.4 is 16.6 Å². The number of ether oxygens (including phenoxy) is 3. The van der Waals surface area contributed by atoms with Crippen LogP contribution in [-0.2, 0) is 39.9 Å². The molecule has 0 spiro atoms. The number of carbonyl (C=O) groups excluding carboxylic acids is 2. The number of nitrogens with two attached hydrogens (primary N) is 1. The van der Waals surface area contributed by atoms with Crippen molar-refractivity contribution >= 4 is 76.1 Å². The maximum Gasteiger partial charge on any atom is 0.338 e. The number of rotatable bonds is 12. The molecule has 0 bridgehead atoms. The summed E-state index contributed by atoms with van der Waals surface area (Å²) in [5, 5.41) is 24.0. The zero-order valence-corrected chi connectivity index (χ0v) is 31.3. The van der Waals surface area contributed by atoms with E-state index in [1.54, 1.807) is 32.0 Å². The summed E-state index contributed by atoms with van der Waals surface area (Å²) >= 11 is 11.3. The molecule has 1 aromatic carbocycles. The predicted molar refractivity (Wildman–Crippen MR) is 195 cm³/mol. The molecular weight excluding hydrogens is 787 g/mol. The monoisotopic (exact) mass is 820 g/mol. The van der Waals surface area contributed by atoms with E-state index < -0.39 is 86.3 Å². The van der Waals surface area contributed by atoms with E-state index >= 15 is 0 Å². The molecule has 2 aliphatic heterocycles. The second-order valence-corrected chi connectivity index (χ2v) is 16.0. The Labute approximate surface area is 320 Å². The Balaban J connectivity index is 1.10. The lowest BCUT2D eigenvalue weighted by Gasteiger charge is -2.24. The molecule has 0 saturated carbocycles. The van der Waals surface area contributed by atoms with Crippen molar-refractivity contribution in [3.8, 4) is 0 Å². The van der Waals surface area contributed by atoms with Crippen molar-refractivity contribution in [1.82, 2.24) is 39.0 Å². The Morgan fingerprint density at radius 1 is 1.11 bits per heavy atom. The van der Waals surface area contributed by atoms with Gasteiger partial charge in [-0.2, -0.15) is 15.0 Å². The molecule has 24 heteroatoms. The molecule has 2 aliphatic rings. The molecule has 7 rings (SSSR count). The number of amides is 1. The first-order chi connectivity index (χ1) is 26.2. The number of imidazole rings is 2. The van der Waals surface area contributed by atoms with Gasteiger partial charge in [0.05, 0.1) is 37.5 Å². The number of anilines is 2. The van der Waals surface area contributed by atoms with Gasteiger partial charge >= 0.3 is 12.7 Å². The molecule has 292 valence electrons. The van der Waals surface area contributed by atoms with Crippen molar-refractivity contribution < 1.29 is 48.0 Å². The highest BCUT2D eigenvalue weighted by atomic mass is 35.5. The molecule has 0 radical (unpaired) electrons. The second kappa shape index (κ2) is 15.6. The van der Waals surface area contributed by atoms with Crippen LogP contribution in [0.25, 0.3) is 22.3 Å². The normalized spacial score (nSPS) is 25.1. The van der Waals surface area contributed by atoms with Crippen LogP contribution in [0.3, 0.4) is 0 Å². The van der Waals surface area contributed by atoms with Crippen molar-refractivity contribution in [3.05, 3.63) is 64.2 Å². The average Bonchev–Trinajstić information content (AvgIpc) is 3.92. The van der Waals surface area contributed by atoms with Gasteiger partial charge in [-0.3, -0.25) is 29.0 Å². The van der Waals surface area contributed by atoms with Gasteiger partial charge in [0.1, 0.15) is 30.1 Å². The third-order valence-corrected chi connectivity index (χ3v) is 10.6. The number of hydrogen-bond acceptors (Lipinski definition) is 17. The van der Waals surface area contributed by atoms with E-state index in [1.807, 2.05) is 0 Å². The van der Waals surface area contributed by atoms with Gasteiger partial charge in [-0.15, -0.1) is 0 Å². The Bertz CT molecular complexity index is 2350. The van der Waals surface area contributed by atoms with Crippen molar-refractivity contribution in [2.45, 2.75) is 63.2 Å². The second-order valence-electron chi connectivity index (χ2n) is 12.8. The van der Waals surface area contributed by atoms with Gasteiger partial charge < -0.3 is 44.1 Å². The van der Waals surface area contributed by atoms with Crippen LogP contribution in [0.4, 0.5) is 11.8 Å². The minimum absolute atomic E-state index is 0.0548. The SMILES string of the molecule is CC(C)C(=O)Nc1nc2c(ncn2[C@@H]2O[C@H](COP(O)(=S)OC3C[C@H](n4cnc5c(N)nc(Cl)nc54)O[C@@H]3CO)C(O)C2OC(=O)c2ccccc2)c(=O)[nH]1. The maximum atomic E-state index is 13.2. The molecule has 8 atom stereocenters. The van der Waals surface area contributed by atoms with Crippen molar-refractivity contribution in [3.63, 3.8) is 0 Å². The fourth-order valence-electron chi connectivity index (χ4n) is 6.04. The van der Waals surface area contributed by atoms with E-state index in [9.17, 15) is 29.5 Å². The van der Waals surface area contributed by atoms with E-state index in [1.165, 1.54) is 33.9 Å². The lowest BCUT2D eigenvalue weighted by atomic mass is 10.1. The third-order valence-electron chi connectivity index (χ3n) is 8.80. The lowest BCUT2D eigenvalue weighted by Crippen LogP contribution is -2.37. The van der Waals surface area contributed by atoms with E-state index in [0.717, 1.165) is 0 Å². The summed E-state index contributed by atoms with van der Waals surface area (Å²) < 4.78 is 32.1. The molecule has 0 aliphatic carbocycles. The molecular formula is C31H34ClN10O11PS. The Hall–Kier alpha value is -4.48. The number of halogens is 1. The van der Waals surface area contributed by atoms with Gasteiger partial charge in [-0.05, 0) is 35.5 Å². The summed E-state index contributed by atoms with van der Waals surface area (Å²) in [5.74, 6) is -1.77. The van der Waals surface area contributed by atoms with Crippen LogP contribution in [0.1, 0.15) is 43.1 Å². The highest BCUT2D eigenvalue weighted by Crippen LogP contribution is 2.50. The minimum Gasteiger partial charge on any atom is -0.451 e. The number of carbonyl (C=O) groups is 2. The Kier molecular flexibility index (Phi) is 11.0. The van der Waals surface area contributed by atoms with Gasteiger partial charge in [-0.1, -0.05) is 32.0 Å². The van der Waals surface area contributed by atoms with E-state index in [-0.39, 0.29) is 51.4 Å². The standard InChI is InChI=1S/C31H34ClN10O11PS/c1-13(2)26(45)39-31-38-25-20(27(46)40-31)35-12-42(25)28-22(52-29(47)14-6-4-3-5-7-14)21(44)17(51-28)10-49-54(48,55)53-15-8-18(50-16(15)9-43)41-11-34-19-23(33)36-30(32)37-24(19)41/h3-7,11-13,15-18,21-22,28,43-44H,8-10H2,1-2H3,(H,48,55)(H2,33,36,37)(H2,38,39,40,45,46)/t15?,16-,17-,18-,21?,22?,28-,54?/m1/s1. The molecule has 21 nitrogen and oxygen atoms in total. The number of hydrogen-bond donors (Lipinski definition) is 6. The number of esters is 1. The fourth-order valence-corrected chi connectivity index (χ4v) is 7.69. The largest absolute Gasteiger partial charge is 0.451 e. The zero-order chi connectivity index (χ0) is 39.2. The molecule has 2 saturated heterocycles. The smallest absolute Gasteiger partial charge is 0.338 e. The topological polar surface area (TPSA) is 286 Å². The van der Waals surface area contributed by atoms with Crippen molar-refractivity contribution in [2.24, 2.45) is 5.92 Å². The van der Waals surface area contributed by atoms with Crippen LogP contribution in [0.2, 0.25) is 5.28 Å². The van der Waals surface area contributed by atoms with Crippen LogP contribution in [-0.4, -0.2) is 110 Å². The predicted octanol–water partition coefficient (Wildman–Crippen LogP) is 1.17. The number of aromatic amines is 1. The third kappa shape index (κ3) is 7.96. The first kappa shape index (κ1) is 38.8. The number of nitrogen functional groups attached to an aromatic ring is 1. The molecule has 2 fully saturated rings. The molecule has 4 unspecified atom stereocenters. The number of aliphatic hydroxyl groups excluding tert-OH is 2. The van der Waals surface area contributed by atoms with Gasteiger partial charge in [0.25, 0.3) is 5.56 Å². The summed E-state index contributed by atoms with van der Waals surface area (Å²) in [6.07, 6.45) is -5.74. The number of nitrogens with zero attached hydrogens (tertiary/aromatic N) is 7. The summed E-state index contributed by atoms with van der Waals surface area (Å²) in [7, 11) is 0. The van der Waals surface area contributed by atoms with Gasteiger partial charge in [-0.25, -0.2) is 14.8 Å². The van der Waals surface area contributed by atoms with Crippen LogP contribution >= 0.6 is 18.3 Å². The molecule has 7 N–H and O–H groups in total. The number of benzene rings is 1. The molecule has 6 heterocycles. The Morgan fingerprint density at radius 2 is 1.82 bits per heavy atom. The maximum absolute atomic E-state index is 13.2. The van der Waals surface area contributed by atoms with Crippen molar-refractivity contribution in [2.75, 3.05) is 24.3 Å². The van der Waals surface area contributed by atoms with E-state index in [4.69, 9.17) is 52.4 Å². The molecule has 5 aromatic rings. The number of nitrogens with one attached hydrogen (secondary N) is 2. The van der Waals surface area contributed by atoms with Gasteiger partial charge in [0, 0.05) is 12.3 Å². The lowest BCUT2D eigenvalue weighted by molar-refractivity contribution is -0.118. The molecule has 4 aromatic heterocycles. The van der Waals surface area contributed by atoms with Crippen LogP contribution in [0.5, 0.6) is 0 Å². The van der Waals surface area contributed by atoms with Gasteiger partial charge in [0.2, 0.25) is 17.1 Å². The summed E-state index contributed by atoms with van der Waals surface area (Å²) in [4.78, 5) is 72.9. The number of fused-ring (bicyclic) bond motifs is 2. The van der Waals surface area contributed by atoms with Crippen molar-refractivity contribution in [1.29, 1.82) is 0 Å². The van der Waals surface area contributed by atoms with E-state index in [2.05, 4.69) is 35.2 Å². The average molecular weight is 821 g/mol. The summed E-state index contributed by atoms with van der Waals surface area (Å²) in [5.41, 5.74) is 5.76. The number of H-pyrrole nitrogens is 1.